The first kappa shape index (κ1) is 42.1. The van der Waals surface area contributed by atoms with Crippen molar-refractivity contribution in [1.82, 2.24) is 15.0 Å². The summed E-state index contributed by atoms with van der Waals surface area (Å²) in [6, 6.07) is 97.3. The smallest absolute Gasteiger partial charge is 0.164 e. The number of hydrogen-bond acceptors (Lipinski definition) is 4. The fourth-order valence-corrected chi connectivity index (χ4v) is 17.7. The van der Waals surface area contributed by atoms with Gasteiger partial charge in [0.2, 0.25) is 0 Å². The maximum Gasteiger partial charge on any atom is 0.164 e. The summed E-state index contributed by atoms with van der Waals surface area (Å²) < 4.78 is 7.08. The molecule has 11 aromatic rings. The number of aromatic nitrogens is 3. The summed E-state index contributed by atoms with van der Waals surface area (Å²) in [5.41, 5.74) is 4.71. The van der Waals surface area contributed by atoms with Crippen LogP contribution in [-0.4, -0.2) is 15.0 Å². The highest BCUT2D eigenvalue weighted by atomic mass is 32.3. The Morgan fingerprint density at radius 2 is 0.696 bits per heavy atom. The van der Waals surface area contributed by atoms with E-state index in [1.165, 1.54) is 34.3 Å². The third kappa shape index (κ3) is 7.33. The van der Waals surface area contributed by atoms with Crippen LogP contribution in [0.1, 0.15) is 0 Å². The molecule has 0 bridgehead atoms. The van der Waals surface area contributed by atoms with E-state index >= 15 is 0 Å². The molecule has 0 N–H and O–H groups in total. The Morgan fingerprint density at radius 1 is 0.304 bits per heavy atom. The quantitative estimate of drug-likeness (QED) is 0.137. The van der Waals surface area contributed by atoms with Crippen LogP contribution < -0.4 is 4.74 Å². The van der Waals surface area contributed by atoms with E-state index in [1.807, 2.05) is 18.2 Å². The maximum absolute atomic E-state index is 7.08. The van der Waals surface area contributed by atoms with Crippen LogP contribution in [-0.2, 0) is 0 Å². The maximum atomic E-state index is 7.08. The zero-order valence-electron chi connectivity index (χ0n) is 37.5. The Morgan fingerprint density at radius 3 is 1.26 bits per heavy atom. The largest absolute Gasteiger partial charge is 0.454 e. The molecular weight excluding hydrogens is 879 g/mol. The number of para-hydroxylation sites is 2. The normalized spacial score (nSPS) is 13.3. The SMILES string of the molecule is c1ccc(-c2nc(-c3cccc(-c4cccc5c4Oc4ccccc4S5(c4ccccc4)c4ccccc4)c3)nc(-c3cccc(S(c4ccccc4)(c4ccccc4)c4ccccc4)c3)n2)cc1. The van der Waals surface area contributed by atoms with Crippen LogP contribution >= 0.6 is 20.1 Å². The average Bonchev–Trinajstić information content (AvgIpc) is 3.44. The van der Waals surface area contributed by atoms with Crippen LogP contribution in [0.2, 0.25) is 0 Å². The van der Waals surface area contributed by atoms with Gasteiger partial charge in [0.1, 0.15) is 11.5 Å². The van der Waals surface area contributed by atoms with Gasteiger partial charge in [-0.15, -0.1) is 20.1 Å². The molecular formula is C63H45N3OS2. The van der Waals surface area contributed by atoms with Crippen molar-refractivity contribution in [2.75, 3.05) is 0 Å². The van der Waals surface area contributed by atoms with Crippen LogP contribution in [0, 0.1) is 0 Å². The van der Waals surface area contributed by atoms with E-state index in [9.17, 15) is 0 Å². The number of rotatable bonds is 10. The first-order valence-electron chi connectivity index (χ1n) is 23.1. The second kappa shape index (κ2) is 18.1. The van der Waals surface area contributed by atoms with Crippen molar-refractivity contribution in [3.8, 4) is 56.8 Å². The monoisotopic (exact) mass is 923 g/mol. The molecule has 0 fully saturated rings. The van der Waals surface area contributed by atoms with E-state index in [4.69, 9.17) is 19.7 Å². The molecule has 0 radical (unpaired) electrons. The second-order valence-electron chi connectivity index (χ2n) is 16.8. The lowest BCUT2D eigenvalue weighted by molar-refractivity contribution is 0.454. The van der Waals surface area contributed by atoms with Crippen LogP contribution in [0.3, 0.4) is 0 Å². The van der Waals surface area contributed by atoms with Crippen molar-refractivity contribution in [2.45, 2.75) is 39.2 Å². The molecule has 1 aromatic heterocycles. The van der Waals surface area contributed by atoms with Gasteiger partial charge in [0.05, 0.1) is 0 Å². The van der Waals surface area contributed by atoms with Crippen LogP contribution in [0.15, 0.2) is 312 Å². The van der Waals surface area contributed by atoms with Crippen molar-refractivity contribution in [2.24, 2.45) is 0 Å². The predicted octanol–water partition coefficient (Wildman–Crippen LogP) is 17.3. The number of nitrogens with zero attached hydrogens (tertiary/aromatic N) is 3. The van der Waals surface area contributed by atoms with Crippen molar-refractivity contribution in [3.05, 3.63) is 273 Å². The minimum absolute atomic E-state index is 0.587. The molecule has 0 amide bonds. The van der Waals surface area contributed by atoms with Crippen LogP contribution in [0.5, 0.6) is 11.5 Å². The summed E-state index contributed by atoms with van der Waals surface area (Å²) in [6.07, 6.45) is 0. The van der Waals surface area contributed by atoms with Gasteiger partial charge in [-0.05, 0) is 103 Å². The fourth-order valence-electron chi connectivity index (χ4n) is 9.69. The van der Waals surface area contributed by atoms with Gasteiger partial charge in [-0.1, -0.05) is 176 Å². The van der Waals surface area contributed by atoms with E-state index in [2.05, 4.69) is 255 Å². The summed E-state index contributed by atoms with van der Waals surface area (Å²) in [6.45, 7) is 0. The minimum atomic E-state index is -1.96. The van der Waals surface area contributed by atoms with Gasteiger partial charge in [-0.3, -0.25) is 0 Å². The Balaban J connectivity index is 1.03. The van der Waals surface area contributed by atoms with Crippen LogP contribution in [0.25, 0.3) is 45.3 Å². The average molecular weight is 924 g/mol. The number of hydrogen-bond donors (Lipinski definition) is 0. The zero-order valence-corrected chi connectivity index (χ0v) is 39.2. The molecule has 0 saturated heterocycles. The van der Waals surface area contributed by atoms with Crippen LogP contribution in [0.4, 0.5) is 0 Å². The van der Waals surface area contributed by atoms with E-state index in [1.54, 1.807) is 0 Å². The summed E-state index contributed by atoms with van der Waals surface area (Å²) in [7, 11) is -3.92. The van der Waals surface area contributed by atoms with E-state index in [0.717, 1.165) is 44.2 Å². The molecule has 1 aliphatic rings. The molecule has 0 spiro atoms. The van der Waals surface area contributed by atoms with Gasteiger partial charge in [-0.25, -0.2) is 15.0 Å². The highest BCUT2D eigenvalue weighted by Gasteiger charge is 2.42. The summed E-state index contributed by atoms with van der Waals surface area (Å²) in [4.78, 5) is 25.6. The van der Waals surface area contributed by atoms with Gasteiger partial charge in [0.25, 0.3) is 0 Å². The standard InChI is InChI=1S/C63H45N3OS2/c1-7-24-46(25-8-1)61-64-62(66-63(65-61)49-28-22-39-55(45-49)68(50-29-9-2-10-30-50,51-31-11-3-12-32-51)52-33-13-4-14-34-52)48-27-21-26-47(44-48)56-40-23-43-59-60(56)67-57-41-19-20-42-58(57)69(59,53-35-15-5-16-36-53)54-37-17-6-18-38-54/h1-45H. The number of fused-ring (bicyclic) bond motifs is 2. The first-order valence-corrected chi connectivity index (χ1v) is 26.3. The van der Waals surface area contributed by atoms with Crippen molar-refractivity contribution in [3.63, 3.8) is 0 Å². The minimum Gasteiger partial charge on any atom is -0.454 e. The van der Waals surface area contributed by atoms with Gasteiger partial charge in [0, 0.05) is 61.4 Å². The van der Waals surface area contributed by atoms with Gasteiger partial charge >= 0.3 is 0 Å². The van der Waals surface area contributed by atoms with Gasteiger partial charge in [0.15, 0.2) is 17.5 Å². The number of ether oxygens (including phenoxy) is 1. The van der Waals surface area contributed by atoms with Crippen molar-refractivity contribution in [1.29, 1.82) is 0 Å². The molecule has 0 saturated carbocycles. The second-order valence-corrected chi connectivity index (χ2v) is 22.9. The fraction of sp³-hybridized carbons (Fsp3) is 0. The van der Waals surface area contributed by atoms with E-state index < -0.39 is 20.1 Å². The Hall–Kier alpha value is -8.29. The first-order chi connectivity index (χ1) is 34.2. The third-order valence-electron chi connectivity index (χ3n) is 12.7. The molecule has 0 unspecified atom stereocenters. The predicted molar refractivity (Wildman–Crippen MR) is 282 cm³/mol. The van der Waals surface area contributed by atoms with E-state index in [0.29, 0.717) is 17.5 Å². The Kier molecular flexibility index (Phi) is 11.0. The number of benzene rings is 10. The van der Waals surface area contributed by atoms with E-state index in [-0.39, 0.29) is 0 Å². The molecule has 6 heteroatoms. The lowest BCUT2D eigenvalue weighted by Gasteiger charge is -2.46. The molecule has 4 nitrogen and oxygen atoms in total. The van der Waals surface area contributed by atoms with Gasteiger partial charge in [-0.2, -0.15) is 0 Å². The molecule has 69 heavy (non-hydrogen) atoms. The molecule has 0 atom stereocenters. The molecule has 12 rings (SSSR count). The van der Waals surface area contributed by atoms with Crippen molar-refractivity contribution < 1.29 is 4.74 Å². The summed E-state index contributed by atoms with van der Waals surface area (Å²) in [5, 5.41) is 0. The highest BCUT2D eigenvalue weighted by molar-refractivity contribution is 8.34. The summed E-state index contributed by atoms with van der Waals surface area (Å²) >= 11 is 0. The zero-order chi connectivity index (χ0) is 46.0. The molecule has 330 valence electrons. The third-order valence-corrected chi connectivity index (χ3v) is 20.6. The lowest BCUT2D eigenvalue weighted by atomic mass is 10.0. The molecule has 10 aromatic carbocycles. The summed E-state index contributed by atoms with van der Waals surface area (Å²) in [5.74, 6) is 3.52. The lowest BCUT2D eigenvalue weighted by Crippen LogP contribution is -2.12. The molecule has 1 aliphatic heterocycles. The topological polar surface area (TPSA) is 47.9 Å². The molecule has 0 aliphatic carbocycles. The Labute approximate surface area is 406 Å². The highest BCUT2D eigenvalue weighted by Crippen LogP contribution is 2.79. The van der Waals surface area contributed by atoms with Gasteiger partial charge < -0.3 is 4.74 Å². The Bertz CT molecular complexity index is 3440. The molecule has 2 heterocycles. The van der Waals surface area contributed by atoms with Crippen molar-refractivity contribution >= 4 is 20.1 Å².